The van der Waals surface area contributed by atoms with Crippen LogP contribution in [0.2, 0.25) is 0 Å². The van der Waals surface area contributed by atoms with Crippen LogP contribution < -0.4 is 0 Å². The van der Waals surface area contributed by atoms with Gasteiger partial charge in [0, 0.05) is 29.9 Å². The maximum Gasteiger partial charge on any atom is 0.0483 e. The monoisotopic (exact) mass is 205 g/mol. The molecule has 0 aliphatic carbocycles. The Morgan fingerprint density at radius 1 is 1.36 bits per heavy atom. The summed E-state index contributed by atoms with van der Waals surface area (Å²) in [5.41, 5.74) is 4.18. The summed E-state index contributed by atoms with van der Waals surface area (Å²) in [5.74, 6) is 1.10. The van der Waals surface area contributed by atoms with Gasteiger partial charge in [0.05, 0.1) is 0 Å². The zero-order valence-electron chi connectivity index (χ0n) is 8.87. The Kier molecular flexibility index (Phi) is 2.55. The van der Waals surface area contributed by atoms with Crippen molar-refractivity contribution in [1.82, 2.24) is 4.57 Å². The molecular formula is C12H15NS. The molecule has 0 aliphatic rings. The molecule has 0 N–H and O–H groups in total. The third-order valence-electron chi connectivity index (χ3n) is 2.60. The second-order valence-electron chi connectivity index (χ2n) is 3.67. The van der Waals surface area contributed by atoms with Crippen molar-refractivity contribution in [2.45, 2.75) is 12.7 Å². The van der Waals surface area contributed by atoms with Gasteiger partial charge in [-0.15, -0.1) is 0 Å². The first-order valence-corrected chi connectivity index (χ1v) is 6.16. The van der Waals surface area contributed by atoms with Crippen LogP contribution >= 0.6 is 11.8 Å². The molecule has 2 heteroatoms. The van der Waals surface area contributed by atoms with E-state index in [1.165, 1.54) is 22.0 Å². The molecule has 1 heterocycles. The van der Waals surface area contributed by atoms with Crippen LogP contribution in [0.1, 0.15) is 11.1 Å². The first-order valence-electron chi connectivity index (χ1n) is 4.76. The van der Waals surface area contributed by atoms with Crippen LogP contribution in [0.15, 0.2) is 24.4 Å². The van der Waals surface area contributed by atoms with Crippen LogP contribution in [0.5, 0.6) is 0 Å². The van der Waals surface area contributed by atoms with Crippen molar-refractivity contribution in [1.29, 1.82) is 0 Å². The number of hydrogen-bond donors (Lipinski definition) is 0. The average Bonchev–Trinajstić information content (AvgIpc) is 2.46. The maximum absolute atomic E-state index is 2.24. The van der Waals surface area contributed by atoms with Gasteiger partial charge in [-0.25, -0.2) is 0 Å². The Morgan fingerprint density at radius 3 is 2.86 bits per heavy atom. The van der Waals surface area contributed by atoms with Crippen LogP contribution in [-0.4, -0.2) is 10.8 Å². The summed E-state index contributed by atoms with van der Waals surface area (Å²) in [5, 5.41) is 1.43. The number of rotatable bonds is 2. The standard InChI is InChI=1S/C12H15NS/c1-9-5-4-6-11-12(9)10(8-14-3)7-13(11)2/h4-7H,8H2,1-3H3. The van der Waals surface area contributed by atoms with Gasteiger partial charge < -0.3 is 4.57 Å². The number of nitrogens with zero attached hydrogens (tertiary/aromatic N) is 1. The van der Waals surface area contributed by atoms with Crippen molar-refractivity contribution in [3.05, 3.63) is 35.5 Å². The van der Waals surface area contributed by atoms with Gasteiger partial charge >= 0.3 is 0 Å². The number of aryl methyl sites for hydroxylation is 2. The second-order valence-corrected chi connectivity index (χ2v) is 4.53. The van der Waals surface area contributed by atoms with Gasteiger partial charge in [-0.2, -0.15) is 11.8 Å². The lowest BCUT2D eigenvalue weighted by Gasteiger charge is -2.00. The molecule has 0 saturated heterocycles. The minimum atomic E-state index is 1.10. The van der Waals surface area contributed by atoms with Crippen molar-refractivity contribution < 1.29 is 0 Å². The summed E-state index contributed by atoms with van der Waals surface area (Å²) >= 11 is 1.88. The second kappa shape index (κ2) is 3.70. The van der Waals surface area contributed by atoms with Gasteiger partial charge in [-0.1, -0.05) is 12.1 Å². The fraction of sp³-hybridized carbons (Fsp3) is 0.333. The van der Waals surface area contributed by atoms with Crippen LogP contribution in [0.3, 0.4) is 0 Å². The zero-order valence-corrected chi connectivity index (χ0v) is 9.69. The smallest absolute Gasteiger partial charge is 0.0483 e. The van der Waals surface area contributed by atoms with E-state index >= 15 is 0 Å². The summed E-state index contributed by atoms with van der Waals surface area (Å²) in [6, 6.07) is 6.50. The van der Waals surface area contributed by atoms with Crippen LogP contribution in [-0.2, 0) is 12.8 Å². The molecule has 0 unspecified atom stereocenters. The lowest BCUT2D eigenvalue weighted by Crippen LogP contribution is -1.83. The predicted octanol–water partition coefficient (Wildman–Crippen LogP) is 3.35. The Morgan fingerprint density at radius 2 is 2.14 bits per heavy atom. The summed E-state index contributed by atoms with van der Waals surface area (Å²) in [6.45, 7) is 2.19. The van der Waals surface area contributed by atoms with Crippen LogP contribution in [0.4, 0.5) is 0 Å². The predicted molar refractivity (Wildman–Crippen MR) is 64.9 cm³/mol. The number of benzene rings is 1. The molecule has 0 aliphatic heterocycles. The molecule has 74 valence electrons. The molecule has 2 aromatic rings. The van der Waals surface area contributed by atoms with Crippen molar-refractivity contribution in [3.8, 4) is 0 Å². The van der Waals surface area contributed by atoms with E-state index in [0.29, 0.717) is 0 Å². The van der Waals surface area contributed by atoms with Gasteiger partial charge in [0.2, 0.25) is 0 Å². The normalized spacial score (nSPS) is 11.1. The van der Waals surface area contributed by atoms with E-state index in [1.54, 1.807) is 0 Å². The highest BCUT2D eigenvalue weighted by molar-refractivity contribution is 7.97. The summed E-state index contributed by atoms with van der Waals surface area (Å²) in [6.07, 6.45) is 4.39. The first-order chi connectivity index (χ1) is 6.74. The Bertz CT molecular complexity index is 457. The highest BCUT2D eigenvalue weighted by Crippen LogP contribution is 2.26. The molecule has 1 aromatic carbocycles. The highest BCUT2D eigenvalue weighted by Gasteiger charge is 2.07. The fourth-order valence-corrected chi connectivity index (χ4v) is 2.53. The summed E-state index contributed by atoms with van der Waals surface area (Å²) in [4.78, 5) is 0. The fourth-order valence-electron chi connectivity index (χ4n) is 2.00. The molecule has 2 rings (SSSR count). The summed E-state index contributed by atoms with van der Waals surface area (Å²) in [7, 11) is 2.12. The van der Waals surface area contributed by atoms with Gasteiger partial charge in [-0.3, -0.25) is 0 Å². The Hall–Kier alpha value is -0.890. The van der Waals surface area contributed by atoms with Crippen molar-refractivity contribution in [3.63, 3.8) is 0 Å². The molecule has 0 atom stereocenters. The number of fused-ring (bicyclic) bond motifs is 1. The van der Waals surface area contributed by atoms with E-state index in [1.807, 2.05) is 11.8 Å². The Labute approximate surface area is 89.1 Å². The lowest BCUT2D eigenvalue weighted by molar-refractivity contribution is 0.963. The first kappa shape index (κ1) is 9.66. The highest BCUT2D eigenvalue weighted by atomic mass is 32.2. The third kappa shape index (κ3) is 1.44. The average molecular weight is 205 g/mol. The molecule has 14 heavy (non-hydrogen) atoms. The summed E-state index contributed by atoms with van der Waals surface area (Å²) < 4.78 is 2.22. The minimum absolute atomic E-state index is 1.10. The zero-order chi connectivity index (χ0) is 10.1. The lowest BCUT2D eigenvalue weighted by atomic mass is 10.1. The van der Waals surface area contributed by atoms with E-state index in [-0.39, 0.29) is 0 Å². The molecule has 0 amide bonds. The van der Waals surface area contributed by atoms with Crippen molar-refractivity contribution in [2.75, 3.05) is 6.26 Å². The van der Waals surface area contributed by atoms with Gasteiger partial charge in [0.25, 0.3) is 0 Å². The maximum atomic E-state index is 2.24. The van der Waals surface area contributed by atoms with Crippen LogP contribution in [0, 0.1) is 6.92 Å². The third-order valence-corrected chi connectivity index (χ3v) is 3.20. The molecule has 1 aromatic heterocycles. The van der Waals surface area contributed by atoms with Crippen molar-refractivity contribution in [2.24, 2.45) is 7.05 Å². The minimum Gasteiger partial charge on any atom is -0.350 e. The molecule has 1 nitrogen and oxygen atoms in total. The molecular weight excluding hydrogens is 190 g/mol. The number of aromatic nitrogens is 1. The van der Waals surface area contributed by atoms with Gasteiger partial charge in [-0.05, 0) is 30.4 Å². The molecule has 0 bridgehead atoms. The van der Waals surface area contributed by atoms with Crippen molar-refractivity contribution >= 4 is 22.7 Å². The van der Waals surface area contributed by atoms with E-state index in [4.69, 9.17) is 0 Å². The Balaban J connectivity index is 2.72. The molecule has 0 saturated carbocycles. The van der Waals surface area contributed by atoms with Gasteiger partial charge in [0.1, 0.15) is 0 Å². The topological polar surface area (TPSA) is 4.93 Å². The van der Waals surface area contributed by atoms with E-state index in [9.17, 15) is 0 Å². The van der Waals surface area contributed by atoms with E-state index in [0.717, 1.165) is 5.75 Å². The largest absolute Gasteiger partial charge is 0.350 e. The molecule has 0 fully saturated rings. The van der Waals surface area contributed by atoms with E-state index in [2.05, 4.69) is 49.2 Å². The van der Waals surface area contributed by atoms with Crippen LogP contribution in [0.25, 0.3) is 10.9 Å². The van der Waals surface area contributed by atoms with Gasteiger partial charge in [0.15, 0.2) is 0 Å². The quantitative estimate of drug-likeness (QED) is 0.728. The number of hydrogen-bond acceptors (Lipinski definition) is 1. The van der Waals surface area contributed by atoms with E-state index < -0.39 is 0 Å². The number of thioether (sulfide) groups is 1. The SMILES string of the molecule is CSCc1cn(C)c2cccc(C)c12. The molecule has 0 spiro atoms. The molecule has 0 radical (unpaired) electrons.